The molecule has 6 nitrogen and oxygen atoms in total. The van der Waals surface area contributed by atoms with E-state index in [1.54, 1.807) is 25.6 Å². The van der Waals surface area contributed by atoms with E-state index < -0.39 is 0 Å². The second-order valence-electron chi connectivity index (χ2n) is 11.1. The maximum absolute atomic E-state index is 5.78. The number of fused-ring (bicyclic) bond motifs is 1. The van der Waals surface area contributed by atoms with Crippen LogP contribution in [0.4, 0.5) is 16.5 Å². The number of nitrogens with zero attached hydrogens (tertiary/aromatic N) is 3. The SMILES string of the molecule is CCCCCCCCc1ccc2nc(/N=N/c3cc(OC)c(NC(CCCCC)CCCCC)cc3OC)sc2c1. The Labute approximate surface area is 252 Å². The molecule has 0 amide bonds. The molecular formula is C34H52N4O2S. The van der Waals surface area contributed by atoms with Crippen LogP contribution in [0.1, 0.15) is 116 Å². The molecule has 0 saturated carbocycles. The van der Waals surface area contributed by atoms with Crippen LogP contribution in [-0.4, -0.2) is 25.2 Å². The lowest BCUT2D eigenvalue weighted by molar-refractivity contribution is 0.404. The maximum atomic E-state index is 5.78. The Morgan fingerprint density at radius 3 is 2.10 bits per heavy atom. The van der Waals surface area contributed by atoms with Crippen molar-refractivity contribution in [3.05, 3.63) is 35.9 Å². The molecule has 0 aliphatic rings. The van der Waals surface area contributed by atoms with Gasteiger partial charge in [0.2, 0.25) is 5.13 Å². The van der Waals surface area contributed by atoms with Gasteiger partial charge in [-0.1, -0.05) is 109 Å². The van der Waals surface area contributed by atoms with Crippen molar-refractivity contribution in [1.82, 2.24) is 4.98 Å². The van der Waals surface area contributed by atoms with Crippen molar-refractivity contribution >= 4 is 38.1 Å². The Morgan fingerprint density at radius 2 is 1.41 bits per heavy atom. The zero-order valence-corrected chi connectivity index (χ0v) is 27.0. The van der Waals surface area contributed by atoms with Crippen molar-refractivity contribution in [3.8, 4) is 11.5 Å². The summed E-state index contributed by atoms with van der Waals surface area (Å²) in [6.07, 6.45) is 18.8. The summed E-state index contributed by atoms with van der Waals surface area (Å²) >= 11 is 1.58. The van der Waals surface area contributed by atoms with Gasteiger partial charge < -0.3 is 14.8 Å². The van der Waals surface area contributed by atoms with E-state index in [9.17, 15) is 0 Å². The van der Waals surface area contributed by atoms with Crippen molar-refractivity contribution in [2.75, 3.05) is 19.5 Å². The third-order valence-electron chi connectivity index (χ3n) is 7.68. The lowest BCUT2D eigenvalue weighted by atomic mass is 10.0. The van der Waals surface area contributed by atoms with Crippen LogP contribution in [0.3, 0.4) is 0 Å². The predicted molar refractivity (Wildman–Crippen MR) is 176 cm³/mol. The van der Waals surface area contributed by atoms with Crippen molar-refractivity contribution in [3.63, 3.8) is 0 Å². The molecule has 0 unspecified atom stereocenters. The van der Waals surface area contributed by atoms with Gasteiger partial charge in [0.1, 0.15) is 17.2 Å². The number of azo groups is 1. The molecule has 0 bridgehead atoms. The predicted octanol–water partition coefficient (Wildman–Crippen LogP) is 11.6. The smallest absolute Gasteiger partial charge is 0.231 e. The van der Waals surface area contributed by atoms with Gasteiger partial charge in [-0.25, -0.2) is 4.98 Å². The Balaban J connectivity index is 1.71. The van der Waals surface area contributed by atoms with E-state index in [1.807, 2.05) is 12.1 Å². The van der Waals surface area contributed by atoms with Gasteiger partial charge in [-0.05, 0) is 43.4 Å². The summed E-state index contributed by atoms with van der Waals surface area (Å²) in [5.74, 6) is 1.42. The van der Waals surface area contributed by atoms with Gasteiger partial charge in [-0.15, -0.1) is 10.2 Å². The van der Waals surface area contributed by atoms with Gasteiger partial charge in [0.05, 0.1) is 30.1 Å². The highest BCUT2D eigenvalue weighted by Gasteiger charge is 2.16. The average molecular weight is 581 g/mol. The summed E-state index contributed by atoms with van der Waals surface area (Å²) in [4.78, 5) is 4.70. The zero-order chi connectivity index (χ0) is 29.3. The van der Waals surface area contributed by atoms with Crippen molar-refractivity contribution in [2.45, 2.75) is 123 Å². The van der Waals surface area contributed by atoms with E-state index >= 15 is 0 Å². The first-order chi connectivity index (χ1) is 20.1. The highest BCUT2D eigenvalue weighted by Crippen LogP contribution is 2.40. The molecule has 0 fully saturated rings. The van der Waals surface area contributed by atoms with E-state index in [4.69, 9.17) is 14.5 Å². The Morgan fingerprint density at radius 1 is 0.756 bits per heavy atom. The molecule has 3 rings (SSSR count). The topological polar surface area (TPSA) is 68.1 Å². The number of unbranched alkanes of at least 4 members (excludes halogenated alkanes) is 9. The van der Waals surface area contributed by atoms with Crippen LogP contribution in [0.15, 0.2) is 40.6 Å². The number of aryl methyl sites for hydroxylation is 1. The highest BCUT2D eigenvalue weighted by atomic mass is 32.1. The summed E-state index contributed by atoms with van der Waals surface area (Å²) in [6.45, 7) is 6.77. The van der Waals surface area contributed by atoms with Crippen molar-refractivity contribution in [2.24, 2.45) is 10.2 Å². The molecule has 0 spiro atoms. The number of rotatable bonds is 21. The zero-order valence-electron chi connectivity index (χ0n) is 26.1. The van der Waals surface area contributed by atoms with Crippen LogP contribution >= 0.6 is 11.3 Å². The van der Waals surface area contributed by atoms with Gasteiger partial charge in [0.15, 0.2) is 0 Å². The van der Waals surface area contributed by atoms with Crippen LogP contribution in [-0.2, 0) is 6.42 Å². The quantitative estimate of drug-likeness (QED) is 0.100. The first-order valence-corrected chi connectivity index (χ1v) is 16.8. The first kappa shape index (κ1) is 32.8. The Kier molecular flexibility index (Phi) is 15.0. The average Bonchev–Trinajstić information content (AvgIpc) is 3.40. The van der Waals surface area contributed by atoms with E-state index in [-0.39, 0.29) is 0 Å². The van der Waals surface area contributed by atoms with Crippen LogP contribution in [0.5, 0.6) is 11.5 Å². The minimum Gasteiger partial charge on any atom is -0.495 e. The molecule has 0 saturated heterocycles. The molecule has 7 heteroatoms. The molecule has 1 heterocycles. The number of thiazole rings is 1. The summed E-state index contributed by atoms with van der Waals surface area (Å²) in [5.41, 5.74) is 3.92. The molecule has 3 aromatic rings. The van der Waals surface area contributed by atoms with Gasteiger partial charge in [-0.3, -0.25) is 0 Å². The lowest BCUT2D eigenvalue weighted by Crippen LogP contribution is -2.20. The summed E-state index contributed by atoms with van der Waals surface area (Å²) in [6, 6.07) is 10.9. The number of methoxy groups -OCH3 is 2. The van der Waals surface area contributed by atoms with Gasteiger partial charge in [0, 0.05) is 18.2 Å². The number of hydrogen-bond acceptors (Lipinski definition) is 7. The first-order valence-electron chi connectivity index (χ1n) is 16.0. The second kappa shape index (κ2) is 18.7. The molecular weight excluding hydrogens is 528 g/mol. The summed E-state index contributed by atoms with van der Waals surface area (Å²) in [5, 5.41) is 13.4. The van der Waals surface area contributed by atoms with Crippen LogP contribution in [0.2, 0.25) is 0 Å². The molecule has 41 heavy (non-hydrogen) atoms. The second-order valence-corrected chi connectivity index (χ2v) is 12.1. The van der Waals surface area contributed by atoms with E-state index in [0.29, 0.717) is 22.6 Å². The largest absolute Gasteiger partial charge is 0.495 e. The number of hydrogen-bond donors (Lipinski definition) is 1. The fourth-order valence-corrected chi connectivity index (χ4v) is 6.07. The van der Waals surface area contributed by atoms with E-state index in [0.717, 1.165) is 40.9 Å². The number of anilines is 1. The number of benzene rings is 2. The fraction of sp³-hybridized carbons (Fsp3) is 0.618. The normalized spacial score (nSPS) is 11.7. The molecule has 1 aromatic heterocycles. The van der Waals surface area contributed by atoms with E-state index in [2.05, 4.69) is 54.5 Å². The lowest BCUT2D eigenvalue weighted by Gasteiger charge is -2.22. The van der Waals surface area contributed by atoms with Gasteiger partial charge in [0.25, 0.3) is 0 Å². The van der Waals surface area contributed by atoms with Crippen molar-refractivity contribution < 1.29 is 9.47 Å². The van der Waals surface area contributed by atoms with Crippen molar-refractivity contribution in [1.29, 1.82) is 0 Å². The third kappa shape index (κ3) is 10.9. The molecule has 1 N–H and O–H groups in total. The number of ether oxygens (including phenoxy) is 2. The van der Waals surface area contributed by atoms with E-state index in [1.165, 1.54) is 82.6 Å². The summed E-state index contributed by atoms with van der Waals surface area (Å²) in [7, 11) is 3.38. The Hall–Kier alpha value is -2.67. The summed E-state index contributed by atoms with van der Waals surface area (Å²) < 4.78 is 12.7. The number of nitrogens with one attached hydrogen (secondary N) is 1. The molecule has 0 aliphatic carbocycles. The van der Waals surface area contributed by atoms with Crippen LogP contribution in [0, 0.1) is 0 Å². The molecule has 0 radical (unpaired) electrons. The number of aromatic nitrogens is 1. The fourth-order valence-electron chi connectivity index (χ4n) is 5.22. The molecule has 2 aromatic carbocycles. The third-order valence-corrected chi connectivity index (χ3v) is 8.58. The Bertz CT molecular complexity index is 1180. The molecule has 0 aliphatic heterocycles. The molecule has 226 valence electrons. The standard InChI is InChI=1S/C34H52N4O2S/c1-6-9-12-13-14-17-18-26-21-22-28-33(23-26)41-34(36-28)38-37-30-25-31(39-4)29(24-32(30)40-5)35-27(19-15-10-7-2)20-16-11-8-3/h21-25,27,35H,6-20H2,1-5H3/b38-37+. The van der Waals surface area contributed by atoms with Crippen LogP contribution < -0.4 is 14.8 Å². The van der Waals surface area contributed by atoms with Gasteiger partial charge in [-0.2, -0.15) is 0 Å². The molecule has 0 atom stereocenters. The van der Waals surface area contributed by atoms with Gasteiger partial charge >= 0.3 is 0 Å². The minimum absolute atomic E-state index is 0.410. The highest BCUT2D eigenvalue weighted by molar-refractivity contribution is 7.21. The monoisotopic (exact) mass is 580 g/mol. The maximum Gasteiger partial charge on any atom is 0.231 e. The minimum atomic E-state index is 0.410. The van der Waals surface area contributed by atoms with Crippen LogP contribution in [0.25, 0.3) is 10.2 Å².